The highest BCUT2D eigenvalue weighted by Crippen LogP contribution is 2.46. The molecule has 2 saturated heterocycles. The lowest BCUT2D eigenvalue weighted by Crippen LogP contribution is -2.54. The van der Waals surface area contributed by atoms with Gasteiger partial charge in [-0.3, -0.25) is 19.3 Å². The number of amides is 4. The summed E-state index contributed by atoms with van der Waals surface area (Å²) >= 11 is 12.3. The highest BCUT2D eigenvalue weighted by Gasteiger charge is 2.64. The summed E-state index contributed by atoms with van der Waals surface area (Å²) < 4.78 is 0. The number of carbonyl (C=O) groups excluding carboxylic acids is 3. The van der Waals surface area contributed by atoms with Crippen LogP contribution < -0.4 is 10.2 Å². The van der Waals surface area contributed by atoms with Gasteiger partial charge in [-0.2, -0.15) is 5.26 Å². The molecule has 4 rings (SSSR count). The van der Waals surface area contributed by atoms with Crippen LogP contribution in [0.5, 0.6) is 0 Å². The fourth-order valence-electron chi connectivity index (χ4n) is 4.98. The summed E-state index contributed by atoms with van der Waals surface area (Å²) in [6.07, 6.45) is -0.212. The molecule has 0 aromatic heterocycles. The zero-order valence-electron chi connectivity index (χ0n) is 19.8. The Balaban J connectivity index is 1.70. The number of nitrogens with one attached hydrogen (secondary N) is 1. The van der Waals surface area contributed by atoms with Crippen molar-refractivity contribution in [3.05, 3.63) is 63.6 Å². The lowest BCUT2D eigenvalue weighted by molar-refractivity contribution is -0.137. The molecular formula is C25H23Cl2N5O5. The number of likely N-dealkylation sites (tertiary alicyclic amines) is 1. The Kier molecular flexibility index (Phi) is 7.41. The average molecular weight is 544 g/mol. The second-order valence-corrected chi connectivity index (χ2v) is 9.86. The molecule has 2 N–H and O–H groups in total. The van der Waals surface area contributed by atoms with Gasteiger partial charge in [0.2, 0.25) is 5.91 Å². The molecule has 2 heterocycles. The first-order valence-corrected chi connectivity index (χ1v) is 12.1. The molecular weight excluding hydrogens is 521 g/mol. The van der Waals surface area contributed by atoms with Crippen LogP contribution in [-0.2, 0) is 14.4 Å². The molecule has 192 valence electrons. The number of hydrogen-bond acceptors (Lipinski definition) is 6. The largest absolute Gasteiger partial charge is 0.481 e. The molecule has 12 heteroatoms. The SMILES string of the molecule is CN1C(=O)N(c2cc(Cl)cc(Cl)c2)C(=O)[C@]12CN(CC(=O)NCCC(=O)O)C[C@H]2c1ccc(C#N)cc1. The van der Waals surface area contributed by atoms with Crippen molar-refractivity contribution in [2.45, 2.75) is 17.9 Å². The van der Waals surface area contributed by atoms with Crippen molar-refractivity contribution in [2.24, 2.45) is 0 Å². The fourth-order valence-corrected chi connectivity index (χ4v) is 5.50. The van der Waals surface area contributed by atoms with Crippen molar-refractivity contribution in [1.82, 2.24) is 15.1 Å². The van der Waals surface area contributed by atoms with Crippen molar-refractivity contribution in [3.63, 3.8) is 0 Å². The zero-order chi connectivity index (χ0) is 26.9. The maximum atomic E-state index is 14.1. The smallest absolute Gasteiger partial charge is 0.332 e. The van der Waals surface area contributed by atoms with E-state index >= 15 is 0 Å². The Labute approximate surface area is 222 Å². The molecule has 0 saturated carbocycles. The van der Waals surface area contributed by atoms with E-state index in [0.29, 0.717) is 5.56 Å². The van der Waals surface area contributed by atoms with Gasteiger partial charge in [0.05, 0.1) is 30.3 Å². The van der Waals surface area contributed by atoms with Crippen LogP contribution in [0.4, 0.5) is 10.5 Å². The summed E-state index contributed by atoms with van der Waals surface area (Å²) in [5.41, 5.74) is 0.0655. The van der Waals surface area contributed by atoms with Crippen LogP contribution in [0, 0.1) is 11.3 Å². The Morgan fingerprint density at radius 3 is 2.41 bits per heavy atom. The van der Waals surface area contributed by atoms with Crippen molar-refractivity contribution in [1.29, 1.82) is 5.26 Å². The molecule has 2 aliphatic heterocycles. The van der Waals surface area contributed by atoms with Crippen LogP contribution in [-0.4, -0.2) is 77.5 Å². The summed E-state index contributed by atoms with van der Waals surface area (Å²) in [5, 5.41) is 21.1. The van der Waals surface area contributed by atoms with Crippen molar-refractivity contribution < 1.29 is 24.3 Å². The van der Waals surface area contributed by atoms with Crippen molar-refractivity contribution in [2.75, 3.05) is 38.1 Å². The second-order valence-electron chi connectivity index (χ2n) is 8.98. The Hall–Kier alpha value is -3.65. The van der Waals surface area contributed by atoms with Gasteiger partial charge in [0.1, 0.15) is 5.54 Å². The van der Waals surface area contributed by atoms with E-state index in [-0.39, 0.29) is 48.3 Å². The van der Waals surface area contributed by atoms with Crippen LogP contribution in [0.3, 0.4) is 0 Å². The predicted molar refractivity (Wildman–Crippen MR) is 135 cm³/mol. The standard InChI is InChI=1S/C25H23Cl2N5O5/c1-30-24(37)32(19-9-17(26)8-18(27)10-19)23(36)25(30)14-31(13-21(33)29-7-6-22(34)35)12-20(25)16-4-2-15(11-28)3-5-16/h2-5,8-10,20H,6-7,12-14H2,1H3,(H,29,33)(H,34,35)/t20-,25+/m0/s1. The number of hydrogen-bond donors (Lipinski definition) is 2. The number of benzene rings is 2. The monoisotopic (exact) mass is 543 g/mol. The minimum atomic E-state index is -1.35. The van der Waals surface area contributed by atoms with Gasteiger partial charge in [0, 0.05) is 42.6 Å². The highest BCUT2D eigenvalue weighted by molar-refractivity contribution is 6.35. The summed E-state index contributed by atoms with van der Waals surface area (Å²) in [7, 11) is 1.54. The molecule has 2 aromatic rings. The van der Waals surface area contributed by atoms with E-state index in [1.807, 2.05) is 0 Å². The zero-order valence-corrected chi connectivity index (χ0v) is 21.3. The molecule has 0 aliphatic carbocycles. The van der Waals surface area contributed by atoms with Crippen molar-refractivity contribution >= 4 is 52.7 Å². The number of anilines is 1. The summed E-state index contributed by atoms with van der Waals surface area (Å²) in [6.45, 7) is 0.223. The van der Waals surface area contributed by atoms with Crippen LogP contribution in [0.15, 0.2) is 42.5 Å². The molecule has 4 amide bonds. The minimum absolute atomic E-state index is 0.0210. The van der Waals surface area contributed by atoms with E-state index < -0.39 is 35.3 Å². The first-order valence-electron chi connectivity index (χ1n) is 11.4. The van der Waals surface area contributed by atoms with Gasteiger partial charge in [-0.05, 0) is 35.9 Å². The summed E-state index contributed by atoms with van der Waals surface area (Å²) in [5.74, 6) is -2.43. The molecule has 37 heavy (non-hydrogen) atoms. The van der Waals surface area contributed by atoms with Gasteiger partial charge >= 0.3 is 12.0 Å². The van der Waals surface area contributed by atoms with Crippen molar-refractivity contribution in [3.8, 4) is 6.07 Å². The van der Waals surface area contributed by atoms with Crippen LogP contribution in [0.1, 0.15) is 23.5 Å². The molecule has 2 aliphatic rings. The molecule has 0 radical (unpaired) electrons. The van der Waals surface area contributed by atoms with Gasteiger partial charge in [-0.25, -0.2) is 9.69 Å². The number of urea groups is 1. The number of nitriles is 1. The average Bonchev–Trinajstić information content (AvgIpc) is 3.30. The normalized spacial score (nSPS) is 21.5. The van der Waals surface area contributed by atoms with Crippen LogP contribution in [0.2, 0.25) is 10.0 Å². The number of rotatable bonds is 7. The lowest BCUT2D eigenvalue weighted by Gasteiger charge is -2.34. The third-order valence-electron chi connectivity index (χ3n) is 6.71. The first kappa shape index (κ1) is 26.4. The fraction of sp³-hybridized carbons (Fsp3) is 0.320. The minimum Gasteiger partial charge on any atom is -0.481 e. The summed E-state index contributed by atoms with van der Waals surface area (Å²) in [6, 6.07) is 12.7. The first-order chi connectivity index (χ1) is 17.6. The molecule has 2 fully saturated rings. The van der Waals surface area contributed by atoms with Gasteiger partial charge in [-0.1, -0.05) is 35.3 Å². The number of aliphatic carboxylic acids is 1. The molecule has 2 aromatic carbocycles. The maximum absolute atomic E-state index is 14.1. The number of carboxylic acids is 1. The molecule has 10 nitrogen and oxygen atoms in total. The molecule has 0 unspecified atom stereocenters. The van der Waals surface area contributed by atoms with E-state index in [1.54, 1.807) is 36.2 Å². The Morgan fingerprint density at radius 1 is 1.16 bits per heavy atom. The Morgan fingerprint density at radius 2 is 1.81 bits per heavy atom. The van der Waals surface area contributed by atoms with Gasteiger partial charge < -0.3 is 15.3 Å². The highest BCUT2D eigenvalue weighted by atomic mass is 35.5. The number of carbonyl (C=O) groups is 4. The van der Waals surface area contributed by atoms with E-state index in [1.165, 1.54) is 23.1 Å². The quantitative estimate of drug-likeness (QED) is 0.512. The topological polar surface area (TPSA) is 134 Å². The van der Waals surface area contributed by atoms with Gasteiger partial charge in [0.15, 0.2) is 0 Å². The molecule has 2 atom stereocenters. The van der Waals surface area contributed by atoms with Gasteiger partial charge in [0.25, 0.3) is 5.91 Å². The predicted octanol–water partition coefficient (Wildman–Crippen LogP) is 2.69. The van der Waals surface area contributed by atoms with Crippen LogP contribution in [0.25, 0.3) is 0 Å². The lowest BCUT2D eigenvalue weighted by atomic mass is 9.80. The van der Waals surface area contributed by atoms with Crippen LogP contribution >= 0.6 is 23.2 Å². The maximum Gasteiger partial charge on any atom is 0.332 e. The third-order valence-corrected chi connectivity index (χ3v) is 7.14. The number of nitrogens with zero attached hydrogens (tertiary/aromatic N) is 4. The number of halogens is 2. The number of carboxylic acid groups (broad SMARTS) is 1. The Bertz CT molecular complexity index is 1290. The van der Waals surface area contributed by atoms with E-state index in [9.17, 15) is 24.4 Å². The van der Waals surface area contributed by atoms with E-state index in [0.717, 1.165) is 10.5 Å². The van der Waals surface area contributed by atoms with Gasteiger partial charge in [-0.15, -0.1) is 0 Å². The second kappa shape index (κ2) is 10.4. The molecule has 0 bridgehead atoms. The number of imide groups is 1. The van der Waals surface area contributed by atoms with E-state index in [4.69, 9.17) is 28.3 Å². The third kappa shape index (κ3) is 4.98. The number of likely N-dealkylation sites (N-methyl/N-ethyl adjacent to an activating group) is 1. The summed E-state index contributed by atoms with van der Waals surface area (Å²) in [4.78, 5) is 55.0. The molecule has 1 spiro atoms. The van der Waals surface area contributed by atoms with E-state index in [2.05, 4.69) is 11.4 Å².